The fraction of sp³-hybridized carbons (Fsp3) is 0.261. The molecule has 0 aliphatic carbocycles. The molecule has 0 radical (unpaired) electrons. The number of nitrogens with zero attached hydrogens (tertiary/aromatic N) is 3. The molecule has 4 rings (SSSR count). The molecule has 1 saturated heterocycles. The molecule has 3 aromatic rings. The lowest BCUT2D eigenvalue weighted by Crippen LogP contribution is -2.49. The number of nitrogens with one attached hydrogen (secondary N) is 2. The van der Waals surface area contributed by atoms with Gasteiger partial charge in [0.1, 0.15) is 5.75 Å². The van der Waals surface area contributed by atoms with Crippen molar-refractivity contribution >= 4 is 51.4 Å². The number of benzene rings is 2. The minimum absolute atomic E-state index is 0.0231. The summed E-state index contributed by atoms with van der Waals surface area (Å²) < 4.78 is 5.45. The molecule has 0 saturated carbocycles. The van der Waals surface area contributed by atoms with E-state index in [0.717, 1.165) is 24.5 Å². The fourth-order valence-electron chi connectivity index (χ4n) is 3.63. The van der Waals surface area contributed by atoms with Gasteiger partial charge in [0.2, 0.25) is 5.91 Å². The van der Waals surface area contributed by atoms with Gasteiger partial charge < -0.3 is 19.9 Å². The van der Waals surface area contributed by atoms with E-state index in [9.17, 15) is 9.59 Å². The van der Waals surface area contributed by atoms with E-state index in [-0.39, 0.29) is 12.3 Å². The van der Waals surface area contributed by atoms with Crippen LogP contribution in [0.5, 0.6) is 5.75 Å². The number of anilines is 3. The van der Waals surface area contributed by atoms with E-state index in [1.54, 1.807) is 36.8 Å². The third-order valence-corrected chi connectivity index (χ3v) is 6.29. The summed E-state index contributed by atoms with van der Waals surface area (Å²) in [5, 5.41) is 8.14. The predicted octanol–water partition coefficient (Wildman–Crippen LogP) is 4.34. The second-order valence-corrected chi connectivity index (χ2v) is 8.74. The normalized spacial score (nSPS) is 13.5. The second kappa shape index (κ2) is 10.5. The second-order valence-electron chi connectivity index (χ2n) is 7.45. The molecule has 3 amide bonds. The number of thiazole rings is 1. The number of halogens is 1. The van der Waals surface area contributed by atoms with Crippen molar-refractivity contribution in [3.05, 3.63) is 64.6 Å². The molecule has 0 bridgehead atoms. The highest BCUT2D eigenvalue weighted by molar-refractivity contribution is 7.14. The summed E-state index contributed by atoms with van der Waals surface area (Å²) in [6, 6.07) is 14.4. The van der Waals surface area contributed by atoms with E-state index < -0.39 is 6.03 Å². The number of aromatic nitrogens is 1. The zero-order chi connectivity index (χ0) is 23.2. The van der Waals surface area contributed by atoms with Gasteiger partial charge in [-0.2, -0.15) is 0 Å². The summed E-state index contributed by atoms with van der Waals surface area (Å²) in [7, 11) is 1.66. The molecular formula is C23H24ClN5O3S. The largest absolute Gasteiger partial charge is 0.495 e. The Morgan fingerprint density at radius 1 is 1.09 bits per heavy atom. The molecule has 8 nitrogen and oxygen atoms in total. The van der Waals surface area contributed by atoms with Gasteiger partial charge in [-0.3, -0.25) is 10.1 Å². The Bertz CT molecular complexity index is 1130. The Hall–Kier alpha value is -3.30. The van der Waals surface area contributed by atoms with Crippen LogP contribution < -0.4 is 20.3 Å². The predicted molar refractivity (Wildman–Crippen MR) is 132 cm³/mol. The Morgan fingerprint density at radius 3 is 2.64 bits per heavy atom. The summed E-state index contributed by atoms with van der Waals surface area (Å²) in [6.07, 6.45) is 0.197. The van der Waals surface area contributed by atoms with Gasteiger partial charge in [0.05, 0.1) is 24.9 Å². The molecular weight excluding hydrogens is 462 g/mol. The number of hydrogen-bond donors (Lipinski definition) is 2. The van der Waals surface area contributed by atoms with Crippen molar-refractivity contribution in [2.45, 2.75) is 6.42 Å². The first-order chi connectivity index (χ1) is 16.0. The monoisotopic (exact) mass is 485 g/mol. The van der Waals surface area contributed by atoms with Crippen molar-refractivity contribution in [3.8, 4) is 5.75 Å². The highest BCUT2D eigenvalue weighted by Crippen LogP contribution is 2.28. The van der Waals surface area contributed by atoms with Crippen LogP contribution in [0.25, 0.3) is 0 Å². The highest BCUT2D eigenvalue weighted by Gasteiger charge is 2.23. The topological polar surface area (TPSA) is 86.8 Å². The Labute approximate surface area is 201 Å². The van der Waals surface area contributed by atoms with Gasteiger partial charge in [-0.1, -0.05) is 29.8 Å². The molecule has 0 spiro atoms. The van der Waals surface area contributed by atoms with Crippen molar-refractivity contribution in [1.82, 2.24) is 9.88 Å². The number of urea groups is 1. The number of para-hydroxylation sites is 2. The maximum absolute atomic E-state index is 12.8. The molecule has 1 fully saturated rings. The zero-order valence-corrected chi connectivity index (χ0v) is 19.7. The van der Waals surface area contributed by atoms with Gasteiger partial charge >= 0.3 is 6.03 Å². The van der Waals surface area contributed by atoms with E-state index in [1.165, 1.54) is 11.3 Å². The molecule has 1 aliphatic heterocycles. The van der Waals surface area contributed by atoms with Crippen molar-refractivity contribution in [2.24, 2.45) is 0 Å². The van der Waals surface area contributed by atoms with E-state index in [0.29, 0.717) is 34.6 Å². The van der Waals surface area contributed by atoms with E-state index in [1.807, 2.05) is 29.2 Å². The van der Waals surface area contributed by atoms with E-state index in [2.05, 4.69) is 20.5 Å². The SMILES string of the molecule is COc1ccccc1N1CCN(C(=O)Cc2csc(NC(=O)Nc3cccc(Cl)c3)n2)CC1. The molecule has 2 N–H and O–H groups in total. The third kappa shape index (κ3) is 5.94. The molecule has 1 aliphatic rings. The van der Waals surface area contributed by atoms with E-state index >= 15 is 0 Å². The van der Waals surface area contributed by atoms with Crippen LogP contribution in [-0.4, -0.2) is 55.1 Å². The van der Waals surface area contributed by atoms with Gasteiger partial charge in [0.25, 0.3) is 0 Å². The first-order valence-electron chi connectivity index (χ1n) is 10.5. The number of hydrogen-bond acceptors (Lipinski definition) is 6. The van der Waals surface area contributed by atoms with Crippen molar-refractivity contribution < 1.29 is 14.3 Å². The van der Waals surface area contributed by atoms with Gasteiger partial charge in [-0.15, -0.1) is 11.3 Å². The van der Waals surface area contributed by atoms with Crippen LogP contribution in [0.3, 0.4) is 0 Å². The number of piperazine rings is 1. The average Bonchev–Trinajstić information content (AvgIpc) is 3.25. The van der Waals surface area contributed by atoms with Crippen molar-refractivity contribution in [3.63, 3.8) is 0 Å². The van der Waals surface area contributed by atoms with Crippen LogP contribution in [-0.2, 0) is 11.2 Å². The van der Waals surface area contributed by atoms with Gasteiger partial charge in [0, 0.05) is 42.3 Å². The maximum atomic E-state index is 12.8. The third-order valence-electron chi connectivity index (χ3n) is 5.25. The van der Waals surface area contributed by atoms with Crippen LogP contribution in [0.1, 0.15) is 5.69 Å². The van der Waals surface area contributed by atoms with Crippen LogP contribution >= 0.6 is 22.9 Å². The molecule has 0 atom stereocenters. The molecule has 10 heteroatoms. The first kappa shape index (κ1) is 22.9. The smallest absolute Gasteiger partial charge is 0.325 e. The highest BCUT2D eigenvalue weighted by atomic mass is 35.5. The van der Waals surface area contributed by atoms with Crippen LogP contribution in [0.15, 0.2) is 53.9 Å². The maximum Gasteiger partial charge on any atom is 0.325 e. The van der Waals surface area contributed by atoms with Crippen LogP contribution in [0.2, 0.25) is 5.02 Å². The van der Waals surface area contributed by atoms with Crippen molar-refractivity contribution in [1.29, 1.82) is 0 Å². The number of rotatable bonds is 6. The summed E-state index contributed by atoms with van der Waals surface area (Å²) in [4.78, 5) is 33.4. The summed E-state index contributed by atoms with van der Waals surface area (Å²) in [5.41, 5.74) is 2.26. The summed E-state index contributed by atoms with van der Waals surface area (Å²) in [6.45, 7) is 2.74. The van der Waals surface area contributed by atoms with E-state index in [4.69, 9.17) is 16.3 Å². The average molecular weight is 486 g/mol. The molecule has 2 aromatic carbocycles. The lowest BCUT2D eigenvalue weighted by atomic mass is 10.2. The molecule has 1 aromatic heterocycles. The fourth-order valence-corrected chi connectivity index (χ4v) is 4.52. The number of carbonyl (C=O) groups is 2. The summed E-state index contributed by atoms with van der Waals surface area (Å²) in [5.74, 6) is 0.856. The first-order valence-corrected chi connectivity index (χ1v) is 11.7. The lowest BCUT2D eigenvalue weighted by molar-refractivity contribution is -0.130. The Kier molecular flexibility index (Phi) is 7.31. The Morgan fingerprint density at radius 2 is 1.88 bits per heavy atom. The standard InChI is InChI=1S/C23H24ClN5O3S/c1-32-20-8-3-2-7-19(20)28-9-11-29(12-10-28)21(30)14-18-15-33-23(26-18)27-22(31)25-17-6-4-5-16(24)13-17/h2-8,13,15H,9-12,14H2,1H3,(H2,25,26,27,31). The molecule has 172 valence electrons. The number of carbonyl (C=O) groups excluding carboxylic acids is 2. The quantitative estimate of drug-likeness (QED) is 0.542. The number of ether oxygens (including phenoxy) is 1. The van der Waals surface area contributed by atoms with Gasteiger partial charge in [0.15, 0.2) is 5.13 Å². The molecule has 33 heavy (non-hydrogen) atoms. The van der Waals surface area contributed by atoms with Gasteiger partial charge in [-0.05, 0) is 30.3 Å². The molecule has 0 unspecified atom stereocenters. The number of amides is 3. The lowest BCUT2D eigenvalue weighted by Gasteiger charge is -2.36. The van der Waals surface area contributed by atoms with Crippen LogP contribution in [0, 0.1) is 0 Å². The van der Waals surface area contributed by atoms with Gasteiger partial charge in [-0.25, -0.2) is 9.78 Å². The Balaban J connectivity index is 1.27. The zero-order valence-electron chi connectivity index (χ0n) is 18.1. The minimum atomic E-state index is -0.419. The number of methoxy groups -OCH3 is 1. The summed E-state index contributed by atoms with van der Waals surface area (Å²) >= 11 is 7.21. The van der Waals surface area contributed by atoms with Crippen molar-refractivity contribution in [2.75, 3.05) is 48.8 Å². The minimum Gasteiger partial charge on any atom is -0.495 e. The van der Waals surface area contributed by atoms with Crippen LogP contribution in [0.4, 0.5) is 21.3 Å². The molecule has 2 heterocycles.